The van der Waals surface area contributed by atoms with Crippen LogP contribution in [0.1, 0.15) is 18.4 Å². The highest BCUT2D eigenvalue weighted by molar-refractivity contribution is 5.56. The van der Waals surface area contributed by atoms with Gasteiger partial charge in [-0.25, -0.2) is 0 Å². The second kappa shape index (κ2) is 4.86. The summed E-state index contributed by atoms with van der Waals surface area (Å²) in [5.41, 5.74) is 6.85. The third-order valence-electron chi connectivity index (χ3n) is 2.55. The van der Waals surface area contributed by atoms with Crippen LogP contribution in [-0.2, 0) is 4.74 Å². The van der Waals surface area contributed by atoms with Crippen molar-refractivity contribution >= 4 is 5.69 Å². The molecule has 0 aromatic heterocycles. The molecule has 4 heteroatoms. The highest BCUT2D eigenvalue weighted by Gasteiger charge is 2.16. The number of hydrogen-bond acceptors (Lipinski definition) is 4. The molecule has 1 saturated heterocycles. The van der Waals surface area contributed by atoms with Gasteiger partial charge < -0.3 is 15.2 Å². The minimum absolute atomic E-state index is 0.0731. The number of nitrogens with zero attached hydrogens (tertiary/aromatic N) is 1. The summed E-state index contributed by atoms with van der Waals surface area (Å²) in [6.45, 7) is 1.42. The van der Waals surface area contributed by atoms with Gasteiger partial charge in [-0.15, -0.1) is 0 Å². The zero-order chi connectivity index (χ0) is 11.4. The number of hydrogen-bond donors (Lipinski definition) is 1. The maximum atomic E-state index is 8.71. The van der Waals surface area contributed by atoms with Crippen molar-refractivity contribution in [3.05, 3.63) is 23.8 Å². The lowest BCUT2D eigenvalue weighted by Crippen LogP contribution is -2.28. The van der Waals surface area contributed by atoms with Crippen LogP contribution < -0.4 is 10.5 Å². The maximum Gasteiger partial charge on any atom is 0.142 e. The van der Waals surface area contributed by atoms with Crippen molar-refractivity contribution in [1.82, 2.24) is 0 Å². The number of anilines is 1. The molecule has 1 fully saturated rings. The largest absolute Gasteiger partial charge is 0.486 e. The highest BCUT2D eigenvalue weighted by Crippen LogP contribution is 2.25. The Balaban J connectivity index is 2.06. The number of nitrogens with two attached hydrogens (primary N) is 1. The van der Waals surface area contributed by atoms with Crippen LogP contribution >= 0.6 is 0 Å². The molecule has 0 saturated carbocycles. The summed E-state index contributed by atoms with van der Waals surface area (Å²) in [7, 11) is 0. The van der Waals surface area contributed by atoms with Gasteiger partial charge in [0.2, 0.25) is 0 Å². The van der Waals surface area contributed by atoms with Crippen LogP contribution in [0.25, 0.3) is 0 Å². The van der Waals surface area contributed by atoms with Gasteiger partial charge in [0, 0.05) is 6.61 Å². The van der Waals surface area contributed by atoms with Crippen LogP contribution in [0, 0.1) is 11.3 Å². The summed E-state index contributed by atoms with van der Waals surface area (Å²) in [4.78, 5) is 0. The Bertz CT molecular complexity index is 406. The SMILES string of the molecule is N#Cc1ccc(OC2CCCOC2)c(N)c1. The van der Waals surface area contributed by atoms with Crippen molar-refractivity contribution in [1.29, 1.82) is 5.26 Å². The van der Waals surface area contributed by atoms with Crippen molar-refractivity contribution in [2.45, 2.75) is 18.9 Å². The van der Waals surface area contributed by atoms with Crippen LogP contribution in [0.15, 0.2) is 18.2 Å². The number of rotatable bonds is 2. The van der Waals surface area contributed by atoms with Gasteiger partial charge in [0.05, 0.1) is 23.9 Å². The maximum absolute atomic E-state index is 8.71. The predicted molar refractivity (Wildman–Crippen MR) is 60.0 cm³/mol. The van der Waals surface area contributed by atoms with Crippen LogP contribution in [0.4, 0.5) is 5.69 Å². The molecule has 0 radical (unpaired) electrons. The number of nitriles is 1. The van der Waals surface area contributed by atoms with E-state index < -0.39 is 0 Å². The van der Waals surface area contributed by atoms with E-state index in [1.165, 1.54) is 0 Å². The molecule has 1 heterocycles. The van der Waals surface area contributed by atoms with E-state index in [0.29, 0.717) is 23.6 Å². The Morgan fingerprint density at radius 1 is 1.50 bits per heavy atom. The van der Waals surface area contributed by atoms with Crippen LogP contribution in [0.3, 0.4) is 0 Å². The van der Waals surface area contributed by atoms with E-state index in [9.17, 15) is 0 Å². The molecule has 0 aliphatic carbocycles. The molecule has 1 aromatic carbocycles. The quantitative estimate of drug-likeness (QED) is 0.767. The Labute approximate surface area is 94.6 Å². The van der Waals surface area contributed by atoms with E-state index in [0.717, 1.165) is 19.4 Å². The summed E-state index contributed by atoms with van der Waals surface area (Å²) in [5, 5.41) is 8.71. The fourth-order valence-corrected chi connectivity index (χ4v) is 1.71. The van der Waals surface area contributed by atoms with Crippen molar-refractivity contribution in [2.75, 3.05) is 18.9 Å². The van der Waals surface area contributed by atoms with Crippen molar-refractivity contribution in [3.8, 4) is 11.8 Å². The topological polar surface area (TPSA) is 68.3 Å². The molecule has 0 amide bonds. The molecule has 1 aromatic rings. The first-order valence-corrected chi connectivity index (χ1v) is 5.33. The molecule has 0 spiro atoms. The second-order valence-electron chi connectivity index (χ2n) is 3.82. The molecular formula is C12H14N2O2. The molecule has 2 rings (SSSR count). The molecule has 2 N–H and O–H groups in total. The first-order chi connectivity index (χ1) is 7.79. The molecular weight excluding hydrogens is 204 g/mol. The lowest BCUT2D eigenvalue weighted by molar-refractivity contribution is 0.00776. The van der Waals surface area contributed by atoms with Gasteiger partial charge in [0.25, 0.3) is 0 Å². The third kappa shape index (κ3) is 2.44. The van der Waals surface area contributed by atoms with E-state index in [-0.39, 0.29) is 6.10 Å². The lowest BCUT2D eigenvalue weighted by Gasteiger charge is -2.23. The van der Waals surface area contributed by atoms with E-state index in [1.54, 1.807) is 18.2 Å². The summed E-state index contributed by atoms with van der Waals surface area (Å²) in [6, 6.07) is 7.10. The standard InChI is InChI=1S/C12H14N2O2/c13-7-9-3-4-12(11(14)6-9)16-10-2-1-5-15-8-10/h3-4,6,10H,1-2,5,8,14H2. The molecule has 1 atom stereocenters. The van der Waals surface area contributed by atoms with E-state index in [2.05, 4.69) is 0 Å². The fourth-order valence-electron chi connectivity index (χ4n) is 1.71. The van der Waals surface area contributed by atoms with Gasteiger partial charge in [-0.05, 0) is 31.0 Å². The van der Waals surface area contributed by atoms with Gasteiger partial charge >= 0.3 is 0 Å². The molecule has 1 aliphatic rings. The van der Waals surface area contributed by atoms with Crippen LogP contribution in [-0.4, -0.2) is 19.3 Å². The van der Waals surface area contributed by atoms with E-state index >= 15 is 0 Å². The average molecular weight is 218 g/mol. The highest BCUT2D eigenvalue weighted by atomic mass is 16.5. The zero-order valence-electron chi connectivity index (χ0n) is 8.98. The second-order valence-corrected chi connectivity index (χ2v) is 3.82. The van der Waals surface area contributed by atoms with E-state index in [4.69, 9.17) is 20.5 Å². The van der Waals surface area contributed by atoms with Crippen molar-refractivity contribution in [3.63, 3.8) is 0 Å². The molecule has 16 heavy (non-hydrogen) atoms. The molecule has 1 aliphatic heterocycles. The Morgan fingerprint density at radius 2 is 2.38 bits per heavy atom. The monoisotopic (exact) mass is 218 g/mol. The number of nitrogen functional groups attached to an aromatic ring is 1. The third-order valence-corrected chi connectivity index (χ3v) is 2.55. The van der Waals surface area contributed by atoms with Gasteiger partial charge in [-0.2, -0.15) is 5.26 Å². The van der Waals surface area contributed by atoms with Crippen LogP contribution in [0.5, 0.6) is 5.75 Å². The smallest absolute Gasteiger partial charge is 0.142 e. The average Bonchev–Trinajstić information content (AvgIpc) is 2.33. The van der Waals surface area contributed by atoms with Crippen molar-refractivity contribution in [2.24, 2.45) is 0 Å². The summed E-state index contributed by atoms with van der Waals surface area (Å²) < 4.78 is 11.0. The van der Waals surface area contributed by atoms with Gasteiger partial charge in [-0.1, -0.05) is 0 Å². The van der Waals surface area contributed by atoms with Gasteiger partial charge in [0.1, 0.15) is 11.9 Å². The molecule has 84 valence electrons. The minimum atomic E-state index is 0.0731. The minimum Gasteiger partial charge on any atom is -0.486 e. The lowest BCUT2D eigenvalue weighted by atomic mass is 10.1. The summed E-state index contributed by atoms with van der Waals surface area (Å²) in [5.74, 6) is 0.634. The number of benzene rings is 1. The first kappa shape index (κ1) is 10.8. The molecule has 4 nitrogen and oxygen atoms in total. The predicted octanol–water partition coefficient (Wildman–Crippen LogP) is 1.70. The van der Waals surface area contributed by atoms with Gasteiger partial charge in [-0.3, -0.25) is 0 Å². The van der Waals surface area contributed by atoms with Crippen LogP contribution in [0.2, 0.25) is 0 Å². The Morgan fingerprint density at radius 3 is 3.00 bits per heavy atom. The van der Waals surface area contributed by atoms with Gasteiger partial charge in [0.15, 0.2) is 0 Å². The summed E-state index contributed by atoms with van der Waals surface area (Å²) >= 11 is 0. The Hall–Kier alpha value is -1.73. The zero-order valence-corrected chi connectivity index (χ0v) is 8.98. The molecule has 0 bridgehead atoms. The fraction of sp³-hybridized carbons (Fsp3) is 0.417. The summed E-state index contributed by atoms with van der Waals surface area (Å²) in [6.07, 6.45) is 2.07. The van der Waals surface area contributed by atoms with E-state index in [1.807, 2.05) is 6.07 Å². The van der Waals surface area contributed by atoms with Crippen molar-refractivity contribution < 1.29 is 9.47 Å². The first-order valence-electron chi connectivity index (χ1n) is 5.33. The Kier molecular flexibility index (Phi) is 3.28. The molecule has 1 unspecified atom stereocenters. The normalized spacial score (nSPS) is 20.1. The number of ether oxygens (including phenoxy) is 2.